The zero-order valence-corrected chi connectivity index (χ0v) is 13.0. The number of hydrogen-bond acceptors (Lipinski definition) is 3. The molecule has 0 bridgehead atoms. The maximum Gasteiger partial charge on any atom is 0.111 e. The summed E-state index contributed by atoms with van der Waals surface area (Å²) in [4.78, 5) is 0. The molecule has 0 aromatic carbocycles. The van der Waals surface area contributed by atoms with Gasteiger partial charge >= 0.3 is 0 Å². The third-order valence-corrected chi connectivity index (χ3v) is 4.47. The van der Waals surface area contributed by atoms with Gasteiger partial charge in [0.25, 0.3) is 0 Å². The first kappa shape index (κ1) is 15.5. The maximum atomic E-state index is 10.8. The Bertz CT molecular complexity index is 408. The molecule has 114 valence electrons. The highest BCUT2D eigenvalue weighted by atomic mass is 16.5. The number of hydrogen-bond donors (Lipinski definition) is 1. The number of rotatable bonds is 6. The van der Waals surface area contributed by atoms with E-state index < -0.39 is 11.7 Å². The van der Waals surface area contributed by atoms with E-state index in [4.69, 9.17) is 4.74 Å². The summed E-state index contributed by atoms with van der Waals surface area (Å²) in [6.45, 7) is 7.95. The van der Waals surface area contributed by atoms with E-state index in [1.54, 1.807) is 6.20 Å². The topological polar surface area (TPSA) is 47.3 Å². The van der Waals surface area contributed by atoms with Crippen LogP contribution in [-0.4, -0.2) is 27.1 Å². The molecule has 1 fully saturated rings. The predicted molar refractivity (Wildman–Crippen MR) is 79.5 cm³/mol. The highest BCUT2D eigenvalue weighted by Crippen LogP contribution is 2.43. The van der Waals surface area contributed by atoms with Crippen molar-refractivity contribution in [1.29, 1.82) is 0 Å². The van der Waals surface area contributed by atoms with Crippen LogP contribution < -0.4 is 0 Å². The molecule has 1 heterocycles. The Morgan fingerprint density at radius 3 is 2.75 bits per heavy atom. The second-order valence-electron chi connectivity index (χ2n) is 6.12. The van der Waals surface area contributed by atoms with Crippen LogP contribution in [0.25, 0.3) is 0 Å². The highest BCUT2D eigenvalue weighted by Gasteiger charge is 2.42. The minimum absolute atomic E-state index is 0.415. The van der Waals surface area contributed by atoms with E-state index in [9.17, 15) is 5.11 Å². The summed E-state index contributed by atoms with van der Waals surface area (Å²) in [6.07, 6.45) is 8.35. The van der Waals surface area contributed by atoms with E-state index in [-0.39, 0.29) is 0 Å². The van der Waals surface area contributed by atoms with Gasteiger partial charge in [0.05, 0.1) is 11.8 Å². The molecule has 1 unspecified atom stereocenters. The van der Waals surface area contributed by atoms with Gasteiger partial charge in [0.15, 0.2) is 0 Å². The molecule has 1 saturated carbocycles. The van der Waals surface area contributed by atoms with Gasteiger partial charge in [0, 0.05) is 24.9 Å². The van der Waals surface area contributed by atoms with Gasteiger partial charge in [0.2, 0.25) is 0 Å². The quantitative estimate of drug-likeness (QED) is 0.869. The number of nitrogens with zero attached hydrogens (tertiary/aromatic N) is 2. The minimum atomic E-state index is -0.569. The van der Waals surface area contributed by atoms with Crippen molar-refractivity contribution >= 4 is 0 Å². The monoisotopic (exact) mass is 280 g/mol. The smallest absolute Gasteiger partial charge is 0.111 e. The summed E-state index contributed by atoms with van der Waals surface area (Å²) in [5.41, 5.74) is 0.475. The second kappa shape index (κ2) is 6.72. The Morgan fingerprint density at radius 2 is 2.15 bits per heavy atom. The van der Waals surface area contributed by atoms with E-state index in [0.29, 0.717) is 6.61 Å². The molecule has 1 aliphatic rings. The molecule has 20 heavy (non-hydrogen) atoms. The lowest BCUT2D eigenvalue weighted by Crippen LogP contribution is -2.42. The average molecular weight is 280 g/mol. The van der Waals surface area contributed by atoms with Crippen LogP contribution in [0.2, 0.25) is 0 Å². The molecule has 2 rings (SSSR count). The molecule has 1 aromatic heterocycles. The molecular weight excluding hydrogens is 252 g/mol. The van der Waals surface area contributed by atoms with Gasteiger partial charge in [-0.25, -0.2) is 0 Å². The largest absolute Gasteiger partial charge is 0.385 e. The van der Waals surface area contributed by atoms with Crippen LogP contribution in [0.15, 0.2) is 12.4 Å². The number of aliphatic hydroxyl groups excluding tert-OH is 1. The fourth-order valence-electron chi connectivity index (χ4n) is 3.21. The van der Waals surface area contributed by atoms with Crippen LogP contribution in [0.4, 0.5) is 0 Å². The van der Waals surface area contributed by atoms with Gasteiger partial charge < -0.3 is 9.84 Å². The van der Waals surface area contributed by atoms with Gasteiger partial charge in [0.1, 0.15) is 6.10 Å². The van der Waals surface area contributed by atoms with Crippen molar-refractivity contribution in [2.24, 2.45) is 5.92 Å². The highest BCUT2D eigenvalue weighted by molar-refractivity contribution is 5.14. The van der Waals surface area contributed by atoms with Crippen LogP contribution in [0.1, 0.15) is 64.5 Å². The second-order valence-corrected chi connectivity index (χ2v) is 6.12. The zero-order chi connectivity index (χ0) is 14.6. The third-order valence-electron chi connectivity index (χ3n) is 4.47. The lowest BCUT2D eigenvalue weighted by atomic mass is 9.75. The van der Waals surface area contributed by atoms with Crippen LogP contribution in [0.5, 0.6) is 0 Å². The molecule has 0 amide bonds. The lowest BCUT2D eigenvalue weighted by Gasteiger charge is -2.42. The van der Waals surface area contributed by atoms with Crippen molar-refractivity contribution < 1.29 is 9.84 Å². The Hall–Kier alpha value is -0.870. The van der Waals surface area contributed by atoms with Crippen molar-refractivity contribution in [3.8, 4) is 0 Å². The van der Waals surface area contributed by atoms with E-state index in [1.807, 2.05) is 17.8 Å². The summed E-state index contributed by atoms with van der Waals surface area (Å²) < 4.78 is 7.92. The Morgan fingerprint density at radius 1 is 1.45 bits per heavy atom. The Labute approximate surface area is 122 Å². The van der Waals surface area contributed by atoms with E-state index in [2.05, 4.69) is 18.9 Å². The fourth-order valence-corrected chi connectivity index (χ4v) is 3.21. The van der Waals surface area contributed by atoms with Crippen molar-refractivity contribution in [3.63, 3.8) is 0 Å². The van der Waals surface area contributed by atoms with Crippen LogP contribution in [0, 0.1) is 5.92 Å². The first-order chi connectivity index (χ1) is 9.61. The van der Waals surface area contributed by atoms with Crippen LogP contribution in [0.3, 0.4) is 0 Å². The molecule has 1 aromatic rings. The standard InChI is InChI=1S/C16H28N2O2/c1-4-10-18-12-14(11-17-18)15(19)16(20-5-2)8-6-13(3)7-9-16/h11-13,15,19H,4-10H2,1-3H3. The fraction of sp³-hybridized carbons (Fsp3) is 0.812. The Kier molecular flexibility index (Phi) is 5.22. The molecule has 4 heteroatoms. The molecule has 0 radical (unpaired) electrons. The Balaban J connectivity index is 2.15. The normalized spacial score (nSPS) is 28.5. The van der Waals surface area contributed by atoms with Crippen LogP contribution >= 0.6 is 0 Å². The molecule has 0 saturated heterocycles. The first-order valence-corrected chi connectivity index (χ1v) is 7.95. The van der Waals surface area contributed by atoms with Crippen molar-refractivity contribution in [1.82, 2.24) is 9.78 Å². The van der Waals surface area contributed by atoms with Gasteiger partial charge in [-0.3, -0.25) is 4.68 Å². The molecular formula is C16H28N2O2. The maximum absolute atomic E-state index is 10.8. The number of ether oxygens (including phenoxy) is 1. The summed E-state index contributed by atoms with van der Waals surface area (Å²) in [6, 6.07) is 0. The number of aliphatic hydroxyl groups is 1. The third kappa shape index (κ3) is 3.23. The van der Waals surface area contributed by atoms with Crippen molar-refractivity contribution in [3.05, 3.63) is 18.0 Å². The molecule has 4 nitrogen and oxygen atoms in total. The van der Waals surface area contributed by atoms with Gasteiger partial charge in [-0.2, -0.15) is 5.10 Å². The van der Waals surface area contributed by atoms with Crippen molar-refractivity contribution in [2.45, 2.75) is 71.1 Å². The summed E-state index contributed by atoms with van der Waals surface area (Å²) in [7, 11) is 0. The average Bonchev–Trinajstić information content (AvgIpc) is 2.90. The molecule has 0 aliphatic heterocycles. The van der Waals surface area contributed by atoms with Gasteiger partial charge in [-0.05, 0) is 44.9 Å². The lowest BCUT2D eigenvalue weighted by molar-refractivity contribution is -0.146. The first-order valence-electron chi connectivity index (χ1n) is 7.95. The molecule has 1 aliphatic carbocycles. The zero-order valence-electron chi connectivity index (χ0n) is 13.0. The molecule has 1 atom stereocenters. The van der Waals surface area contributed by atoms with Gasteiger partial charge in [-0.1, -0.05) is 13.8 Å². The minimum Gasteiger partial charge on any atom is -0.385 e. The van der Waals surface area contributed by atoms with E-state index >= 15 is 0 Å². The predicted octanol–water partition coefficient (Wildman–Crippen LogP) is 3.31. The van der Waals surface area contributed by atoms with Gasteiger partial charge in [-0.15, -0.1) is 0 Å². The number of aryl methyl sites for hydroxylation is 1. The van der Waals surface area contributed by atoms with E-state index in [0.717, 1.165) is 50.1 Å². The SMILES string of the molecule is CCCn1cc(C(O)C2(OCC)CCC(C)CC2)cn1. The summed E-state index contributed by atoms with van der Waals surface area (Å²) in [5, 5.41) is 15.1. The molecule has 1 N–H and O–H groups in total. The number of aromatic nitrogens is 2. The molecule has 0 spiro atoms. The van der Waals surface area contributed by atoms with Crippen molar-refractivity contribution in [2.75, 3.05) is 6.61 Å². The van der Waals surface area contributed by atoms with E-state index in [1.165, 1.54) is 0 Å². The summed E-state index contributed by atoms with van der Waals surface area (Å²) >= 11 is 0. The summed E-state index contributed by atoms with van der Waals surface area (Å²) in [5.74, 6) is 0.735. The van der Waals surface area contributed by atoms with Crippen LogP contribution in [-0.2, 0) is 11.3 Å².